The number of likely N-dealkylation sites (N-methyl/N-ethyl adjacent to an activating group) is 1. The standard InChI is InChI=1S/C19H18FN3O3/c1-13-3-5-14(6-4-13)19-21-17(26-22-19)11-23(2)18(24)12-25-16-9-7-15(20)8-10-16/h3-10H,11-12H2,1-2H3. The fraction of sp³-hybridized carbons (Fsp3) is 0.211. The van der Waals surface area contributed by atoms with Crippen LogP contribution in [0.5, 0.6) is 5.75 Å². The van der Waals surface area contributed by atoms with Crippen LogP contribution in [0.15, 0.2) is 53.1 Å². The highest BCUT2D eigenvalue weighted by molar-refractivity contribution is 5.77. The van der Waals surface area contributed by atoms with Crippen molar-refractivity contribution in [2.24, 2.45) is 0 Å². The molecule has 1 amide bonds. The molecular weight excluding hydrogens is 337 g/mol. The first kappa shape index (κ1) is 17.6. The Bertz CT molecular complexity index is 876. The molecule has 3 rings (SSSR count). The molecule has 0 N–H and O–H groups in total. The van der Waals surface area contributed by atoms with E-state index in [1.165, 1.54) is 29.2 Å². The van der Waals surface area contributed by atoms with Crippen LogP contribution in [0, 0.1) is 12.7 Å². The number of halogens is 1. The van der Waals surface area contributed by atoms with Crippen molar-refractivity contribution in [3.63, 3.8) is 0 Å². The second-order valence-corrected chi connectivity index (χ2v) is 5.87. The van der Waals surface area contributed by atoms with E-state index < -0.39 is 0 Å². The molecule has 3 aromatic rings. The van der Waals surface area contributed by atoms with E-state index in [1.54, 1.807) is 7.05 Å². The van der Waals surface area contributed by atoms with Gasteiger partial charge in [0.15, 0.2) is 6.61 Å². The van der Waals surface area contributed by atoms with Crippen LogP contribution in [0.1, 0.15) is 11.5 Å². The second-order valence-electron chi connectivity index (χ2n) is 5.87. The lowest BCUT2D eigenvalue weighted by Crippen LogP contribution is -2.31. The van der Waals surface area contributed by atoms with Crippen molar-refractivity contribution in [3.05, 3.63) is 65.8 Å². The minimum atomic E-state index is -0.360. The van der Waals surface area contributed by atoms with Gasteiger partial charge in [-0.1, -0.05) is 35.0 Å². The fourth-order valence-corrected chi connectivity index (χ4v) is 2.22. The summed E-state index contributed by atoms with van der Waals surface area (Å²) in [7, 11) is 1.62. The summed E-state index contributed by atoms with van der Waals surface area (Å²) in [4.78, 5) is 17.9. The number of nitrogens with zero attached hydrogens (tertiary/aromatic N) is 3. The first-order valence-corrected chi connectivity index (χ1v) is 8.03. The molecule has 0 aliphatic heterocycles. The minimum Gasteiger partial charge on any atom is -0.484 e. The van der Waals surface area contributed by atoms with Crippen LogP contribution in [0.3, 0.4) is 0 Å². The Labute approximate surface area is 150 Å². The van der Waals surface area contributed by atoms with Gasteiger partial charge >= 0.3 is 0 Å². The molecule has 134 valence electrons. The highest BCUT2D eigenvalue weighted by atomic mass is 19.1. The number of carbonyl (C=O) groups excluding carboxylic acids is 1. The summed E-state index contributed by atoms with van der Waals surface area (Å²) in [5.41, 5.74) is 1.99. The van der Waals surface area contributed by atoms with Crippen molar-refractivity contribution in [2.75, 3.05) is 13.7 Å². The molecule has 0 aliphatic carbocycles. The second kappa shape index (κ2) is 7.77. The number of aryl methyl sites for hydroxylation is 1. The zero-order valence-corrected chi connectivity index (χ0v) is 14.5. The van der Waals surface area contributed by atoms with E-state index in [9.17, 15) is 9.18 Å². The molecular formula is C19H18FN3O3. The van der Waals surface area contributed by atoms with E-state index in [4.69, 9.17) is 9.26 Å². The van der Waals surface area contributed by atoms with Gasteiger partial charge in [0.1, 0.15) is 11.6 Å². The Hall–Kier alpha value is -3.22. The molecule has 1 heterocycles. The van der Waals surface area contributed by atoms with Gasteiger partial charge in [-0.25, -0.2) is 4.39 Å². The number of hydrogen-bond acceptors (Lipinski definition) is 5. The third-order valence-electron chi connectivity index (χ3n) is 3.75. The van der Waals surface area contributed by atoms with Gasteiger partial charge in [-0.3, -0.25) is 4.79 Å². The summed E-state index contributed by atoms with van der Waals surface area (Å²) in [6, 6.07) is 13.2. The Morgan fingerprint density at radius 2 is 1.85 bits per heavy atom. The molecule has 1 aromatic heterocycles. The average molecular weight is 355 g/mol. The van der Waals surface area contributed by atoms with Gasteiger partial charge in [-0.15, -0.1) is 0 Å². The minimum absolute atomic E-state index is 0.166. The summed E-state index contributed by atoms with van der Waals surface area (Å²) in [6.07, 6.45) is 0. The highest BCUT2D eigenvalue weighted by Gasteiger charge is 2.15. The Kier molecular flexibility index (Phi) is 5.26. The number of rotatable bonds is 6. The van der Waals surface area contributed by atoms with Crippen LogP contribution in [0.2, 0.25) is 0 Å². The molecule has 0 radical (unpaired) electrons. The van der Waals surface area contributed by atoms with Gasteiger partial charge in [0.2, 0.25) is 11.7 Å². The van der Waals surface area contributed by atoms with Crippen LogP contribution >= 0.6 is 0 Å². The molecule has 0 atom stereocenters. The average Bonchev–Trinajstić information content (AvgIpc) is 3.10. The first-order valence-electron chi connectivity index (χ1n) is 8.03. The van der Waals surface area contributed by atoms with Gasteiger partial charge in [0, 0.05) is 12.6 Å². The highest BCUT2D eigenvalue weighted by Crippen LogP contribution is 2.17. The topological polar surface area (TPSA) is 68.5 Å². The molecule has 0 bridgehead atoms. The molecule has 0 fully saturated rings. The molecule has 0 spiro atoms. The van der Waals surface area contributed by atoms with E-state index in [0.29, 0.717) is 17.5 Å². The van der Waals surface area contributed by atoms with E-state index >= 15 is 0 Å². The SMILES string of the molecule is Cc1ccc(-c2noc(CN(C)C(=O)COc3ccc(F)cc3)n2)cc1. The lowest BCUT2D eigenvalue weighted by Gasteiger charge is -2.15. The number of benzene rings is 2. The van der Waals surface area contributed by atoms with Crippen LogP contribution in [-0.2, 0) is 11.3 Å². The van der Waals surface area contributed by atoms with Crippen molar-refractivity contribution in [2.45, 2.75) is 13.5 Å². The van der Waals surface area contributed by atoms with E-state index in [2.05, 4.69) is 10.1 Å². The van der Waals surface area contributed by atoms with Gasteiger partial charge < -0.3 is 14.2 Å². The first-order chi connectivity index (χ1) is 12.5. The maximum atomic E-state index is 12.8. The van der Waals surface area contributed by atoms with Gasteiger partial charge in [-0.05, 0) is 31.2 Å². The van der Waals surface area contributed by atoms with Gasteiger partial charge in [-0.2, -0.15) is 4.98 Å². The Morgan fingerprint density at radius 1 is 1.15 bits per heavy atom. The van der Waals surface area contributed by atoms with Crippen LogP contribution < -0.4 is 4.74 Å². The normalized spacial score (nSPS) is 10.6. The van der Waals surface area contributed by atoms with Crippen LogP contribution in [0.25, 0.3) is 11.4 Å². The third-order valence-corrected chi connectivity index (χ3v) is 3.75. The Balaban J connectivity index is 1.55. The van der Waals surface area contributed by atoms with E-state index in [-0.39, 0.29) is 24.9 Å². The number of amides is 1. The van der Waals surface area contributed by atoms with Crippen molar-refractivity contribution in [1.82, 2.24) is 15.0 Å². The van der Waals surface area contributed by atoms with Crippen molar-refractivity contribution in [1.29, 1.82) is 0 Å². The summed E-state index contributed by atoms with van der Waals surface area (Å²) in [5, 5.41) is 3.94. The van der Waals surface area contributed by atoms with Crippen molar-refractivity contribution >= 4 is 5.91 Å². The largest absolute Gasteiger partial charge is 0.484 e. The molecule has 0 unspecified atom stereocenters. The zero-order chi connectivity index (χ0) is 18.5. The molecule has 0 saturated heterocycles. The van der Waals surface area contributed by atoms with E-state index in [1.807, 2.05) is 31.2 Å². The monoisotopic (exact) mass is 355 g/mol. The maximum Gasteiger partial charge on any atom is 0.260 e. The van der Waals surface area contributed by atoms with Crippen LogP contribution in [0.4, 0.5) is 4.39 Å². The fourth-order valence-electron chi connectivity index (χ4n) is 2.22. The lowest BCUT2D eigenvalue weighted by molar-refractivity contribution is -0.132. The van der Waals surface area contributed by atoms with Crippen LogP contribution in [-0.4, -0.2) is 34.6 Å². The Morgan fingerprint density at radius 3 is 2.54 bits per heavy atom. The lowest BCUT2D eigenvalue weighted by atomic mass is 10.1. The predicted octanol–water partition coefficient (Wildman–Crippen LogP) is 3.22. The smallest absolute Gasteiger partial charge is 0.260 e. The molecule has 0 aliphatic rings. The third kappa shape index (κ3) is 4.44. The molecule has 26 heavy (non-hydrogen) atoms. The summed E-state index contributed by atoms with van der Waals surface area (Å²) in [5.74, 6) is 0.611. The van der Waals surface area contributed by atoms with Gasteiger partial charge in [0.05, 0.1) is 6.54 Å². The molecule has 0 saturated carbocycles. The van der Waals surface area contributed by atoms with Crippen molar-refractivity contribution in [3.8, 4) is 17.1 Å². The summed E-state index contributed by atoms with van der Waals surface area (Å²) >= 11 is 0. The number of carbonyl (C=O) groups is 1. The molecule has 2 aromatic carbocycles. The number of aromatic nitrogens is 2. The van der Waals surface area contributed by atoms with Gasteiger partial charge in [0.25, 0.3) is 5.91 Å². The quantitative estimate of drug-likeness (QED) is 0.679. The molecule has 7 heteroatoms. The number of hydrogen-bond donors (Lipinski definition) is 0. The zero-order valence-electron chi connectivity index (χ0n) is 14.5. The predicted molar refractivity (Wildman–Crippen MR) is 92.8 cm³/mol. The summed E-state index contributed by atoms with van der Waals surface area (Å²) < 4.78 is 23.4. The summed E-state index contributed by atoms with van der Waals surface area (Å²) in [6.45, 7) is 2.01. The van der Waals surface area contributed by atoms with Crippen molar-refractivity contribution < 1.29 is 18.4 Å². The number of ether oxygens (including phenoxy) is 1. The maximum absolute atomic E-state index is 12.8. The molecule has 6 nitrogen and oxygen atoms in total. The van der Waals surface area contributed by atoms with E-state index in [0.717, 1.165) is 11.1 Å².